The molecule has 1 N–H and O–H groups in total. The molecule has 0 heterocycles. The van der Waals surface area contributed by atoms with E-state index in [1.165, 1.54) is 18.6 Å². The van der Waals surface area contributed by atoms with Crippen molar-refractivity contribution in [3.05, 3.63) is 95.3 Å². The predicted octanol–water partition coefficient (Wildman–Crippen LogP) is 5.86. The lowest BCUT2D eigenvalue weighted by Gasteiger charge is -2.33. The summed E-state index contributed by atoms with van der Waals surface area (Å²) in [5, 5.41) is 3.25. The highest BCUT2D eigenvalue weighted by molar-refractivity contribution is 5.88. The number of rotatable bonds is 12. The summed E-state index contributed by atoms with van der Waals surface area (Å²) in [6.45, 7) is 0.209. The van der Waals surface area contributed by atoms with Gasteiger partial charge >= 0.3 is 0 Å². The predicted molar refractivity (Wildman–Crippen MR) is 154 cm³/mol. The first kappa shape index (κ1) is 29.1. The second-order valence-corrected chi connectivity index (χ2v) is 10.4. The highest BCUT2D eigenvalue weighted by Crippen LogP contribution is 2.28. The van der Waals surface area contributed by atoms with E-state index >= 15 is 0 Å². The molecule has 0 aliphatic heterocycles. The average molecular weight is 547 g/mol. The minimum Gasteiger partial charge on any atom is -0.493 e. The third-order valence-electron chi connectivity index (χ3n) is 7.56. The van der Waals surface area contributed by atoms with Crippen molar-refractivity contribution in [1.29, 1.82) is 0 Å². The van der Waals surface area contributed by atoms with Crippen molar-refractivity contribution >= 4 is 11.8 Å². The quantitative estimate of drug-likeness (QED) is 0.309. The van der Waals surface area contributed by atoms with Gasteiger partial charge in [-0.3, -0.25) is 9.59 Å². The number of nitrogens with one attached hydrogen (secondary N) is 1. The fourth-order valence-corrected chi connectivity index (χ4v) is 5.32. The number of halogens is 1. The van der Waals surface area contributed by atoms with Crippen molar-refractivity contribution in [2.75, 3.05) is 14.2 Å². The van der Waals surface area contributed by atoms with Gasteiger partial charge in [-0.2, -0.15) is 0 Å². The Morgan fingerprint density at radius 1 is 0.875 bits per heavy atom. The highest BCUT2D eigenvalue weighted by atomic mass is 19.1. The molecule has 2 amide bonds. The Morgan fingerprint density at radius 2 is 1.55 bits per heavy atom. The average Bonchev–Trinajstić information content (AvgIpc) is 2.99. The lowest BCUT2D eigenvalue weighted by atomic mass is 9.94. The summed E-state index contributed by atoms with van der Waals surface area (Å²) in [7, 11) is 3.16. The van der Waals surface area contributed by atoms with Crippen LogP contribution in [-0.2, 0) is 29.0 Å². The highest BCUT2D eigenvalue weighted by Gasteiger charge is 2.31. The van der Waals surface area contributed by atoms with Crippen LogP contribution in [0.15, 0.2) is 72.8 Å². The van der Waals surface area contributed by atoms with Crippen LogP contribution in [0.4, 0.5) is 4.39 Å². The molecule has 0 unspecified atom stereocenters. The Morgan fingerprint density at radius 3 is 2.23 bits per heavy atom. The molecule has 0 bridgehead atoms. The Bertz CT molecular complexity index is 1240. The molecular formula is C33H39FN2O4. The summed E-state index contributed by atoms with van der Waals surface area (Å²) >= 11 is 0. The Labute approximate surface area is 236 Å². The van der Waals surface area contributed by atoms with Crippen LogP contribution in [0.1, 0.15) is 55.2 Å². The van der Waals surface area contributed by atoms with Gasteiger partial charge in [-0.25, -0.2) is 4.39 Å². The topological polar surface area (TPSA) is 67.9 Å². The van der Waals surface area contributed by atoms with Crippen LogP contribution in [0.5, 0.6) is 11.5 Å². The van der Waals surface area contributed by atoms with Crippen LogP contribution in [-0.4, -0.2) is 43.0 Å². The van der Waals surface area contributed by atoms with Crippen molar-refractivity contribution in [1.82, 2.24) is 10.2 Å². The Hall–Kier alpha value is -3.87. The first-order valence-electron chi connectivity index (χ1n) is 14.1. The molecule has 1 aliphatic carbocycles. The van der Waals surface area contributed by atoms with E-state index in [-0.39, 0.29) is 36.6 Å². The number of hydrogen-bond acceptors (Lipinski definition) is 4. The van der Waals surface area contributed by atoms with E-state index in [0.29, 0.717) is 24.3 Å². The van der Waals surface area contributed by atoms with Gasteiger partial charge in [0.05, 0.1) is 14.2 Å². The minimum absolute atomic E-state index is 0.120. The number of aryl methyl sites for hydroxylation is 1. The van der Waals surface area contributed by atoms with Crippen LogP contribution in [0.25, 0.3) is 0 Å². The minimum atomic E-state index is -0.702. The summed E-state index contributed by atoms with van der Waals surface area (Å²) in [6, 6.07) is 20.9. The van der Waals surface area contributed by atoms with E-state index < -0.39 is 6.04 Å². The van der Waals surface area contributed by atoms with Crippen LogP contribution >= 0.6 is 0 Å². The molecule has 40 heavy (non-hydrogen) atoms. The zero-order valence-corrected chi connectivity index (χ0v) is 23.4. The molecule has 4 rings (SSSR count). The summed E-state index contributed by atoms with van der Waals surface area (Å²) < 4.78 is 24.4. The van der Waals surface area contributed by atoms with Crippen LogP contribution in [0.2, 0.25) is 0 Å². The molecule has 3 aromatic carbocycles. The molecule has 0 saturated heterocycles. The first-order chi connectivity index (χ1) is 19.5. The van der Waals surface area contributed by atoms with Crippen molar-refractivity contribution in [3.8, 4) is 11.5 Å². The lowest BCUT2D eigenvalue weighted by Crippen LogP contribution is -2.52. The van der Waals surface area contributed by atoms with Crippen LogP contribution in [0, 0.1) is 5.82 Å². The maximum atomic E-state index is 13.9. The number of hydrogen-bond donors (Lipinski definition) is 1. The third-order valence-corrected chi connectivity index (χ3v) is 7.56. The van der Waals surface area contributed by atoms with E-state index in [0.717, 1.165) is 42.4 Å². The van der Waals surface area contributed by atoms with Gasteiger partial charge in [-0.15, -0.1) is 0 Å². The Balaban J connectivity index is 1.60. The fourth-order valence-electron chi connectivity index (χ4n) is 5.32. The zero-order valence-electron chi connectivity index (χ0n) is 23.4. The summed E-state index contributed by atoms with van der Waals surface area (Å²) in [6.07, 6.45) is 6.35. The van der Waals surface area contributed by atoms with E-state index in [9.17, 15) is 14.0 Å². The molecule has 0 radical (unpaired) electrons. The maximum Gasteiger partial charge on any atom is 0.243 e. The van der Waals surface area contributed by atoms with E-state index in [1.807, 2.05) is 48.5 Å². The molecule has 1 saturated carbocycles. The van der Waals surface area contributed by atoms with Gasteiger partial charge in [-0.1, -0.05) is 67.8 Å². The normalized spacial score (nSPS) is 14.3. The zero-order chi connectivity index (χ0) is 28.3. The van der Waals surface area contributed by atoms with Gasteiger partial charge in [-0.05, 0) is 60.2 Å². The second-order valence-electron chi connectivity index (χ2n) is 10.4. The molecule has 1 aliphatic rings. The molecule has 1 fully saturated rings. The summed E-state index contributed by atoms with van der Waals surface area (Å²) in [5.41, 5.74) is 2.67. The third kappa shape index (κ3) is 8.07. The molecule has 3 aromatic rings. The second kappa shape index (κ2) is 14.5. The molecule has 212 valence electrons. The van der Waals surface area contributed by atoms with Crippen molar-refractivity contribution in [2.24, 2.45) is 0 Å². The molecule has 6 nitrogen and oxygen atoms in total. The number of carbonyl (C=O) groups is 2. The smallest absolute Gasteiger partial charge is 0.243 e. The van der Waals surface area contributed by atoms with Crippen molar-refractivity contribution in [2.45, 2.75) is 70.0 Å². The Kier molecular flexibility index (Phi) is 10.6. The maximum absolute atomic E-state index is 13.9. The van der Waals surface area contributed by atoms with Gasteiger partial charge < -0.3 is 19.7 Å². The number of benzene rings is 3. The van der Waals surface area contributed by atoms with E-state index in [1.54, 1.807) is 31.3 Å². The molecule has 1 atom stereocenters. The lowest BCUT2D eigenvalue weighted by molar-refractivity contribution is -0.141. The SMILES string of the molecule is COc1ccc(CCC(=O)N(Cc2ccc(F)cc2)[C@@H](Cc2ccccc2)C(=O)NC2CCCCC2)cc1OC. The largest absolute Gasteiger partial charge is 0.493 e. The van der Waals surface area contributed by atoms with E-state index in [2.05, 4.69) is 5.32 Å². The molecule has 7 heteroatoms. The molecular weight excluding hydrogens is 507 g/mol. The molecule has 0 aromatic heterocycles. The van der Waals surface area contributed by atoms with E-state index in [4.69, 9.17) is 9.47 Å². The van der Waals surface area contributed by atoms with Crippen molar-refractivity contribution < 1.29 is 23.5 Å². The van der Waals surface area contributed by atoms with Crippen LogP contribution < -0.4 is 14.8 Å². The van der Waals surface area contributed by atoms with Gasteiger partial charge in [0, 0.05) is 25.4 Å². The monoisotopic (exact) mass is 546 g/mol. The summed E-state index contributed by atoms with van der Waals surface area (Å²) in [4.78, 5) is 29.4. The number of nitrogens with zero attached hydrogens (tertiary/aromatic N) is 1. The number of carbonyl (C=O) groups excluding carboxylic acids is 2. The molecule has 0 spiro atoms. The number of amides is 2. The summed E-state index contributed by atoms with van der Waals surface area (Å²) in [5.74, 6) is 0.601. The number of ether oxygens (including phenoxy) is 2. The standard InChI is InChI=1S/C33H39FN2O4/c1-39-30-19-15-25(22-31(30)40-2)16-20-32(37)36(23-26-13-17-27(34)18-14-26)29(21-24-9-5-3-6-10-24)33(38)35-28-11-7-4-8-12-28/h3,5-6,9-10,13-15,17-19,22,28-29H,4,7-8,11-12,16,20-21,23H2,1-2H3,(H,35,38)/t29-/m0/s1. The van der Waals surface area contributed by atoms with Gasteiger partial charge in [0.25, 0.3) is 0 Å². The number of methoxy groups -OCH3 is 2. The first-order valence-corrected chi connectivity index (χ1v) is 14.1. The fraction of sp³-hybridized carbons (Fsp3) is 0.394. The van der Waals surface area contributed by atoms with Crippen LogP contribution in [0.3, 0.4) is 0 Å². The van der Waals surface area contributed by atoms with Crippen molar-refractivity contribution in [3.63, 3.8) is 0 Å². The van der Waals surface area contributed by atoms with Gasteiger partial charge in [0.2, 0.25) is 11.8 Å². The van der Waals surface area contributed by atoms with Gasteiger partial charge in [0.1, 0.15) is 11.9 Å². The van der Waals surface area contributed by atoms with Gasteiger partial charge in [0.15, 0.2) is 11.5 Å².